The van der Waals surface area contributed by atoms with Gasteiger partial charge in [0.05, 0.1) is 32.3 Å². The van der Waals surface area contributed by atoms with Crippen molar-refractivity contribution < 1.29 is 14.3 Å². The summed E-state index contributed by atoms with van der Waals surface area (Å²) in [5.41, 5.74) is 3.71. The number of hydrogen-bond acceptors (Lipinski definition) is 4. The zero-order chi connectivity index (χ0) is 20.1. The van der Waals surface area contributed by atoms with Gasteiger partial charge in [0.1, 0.15) is 5.75 Å². The highest BCUT2D eigenvalue weighted by Gasteiger charge is 2.28. The van der Waals surface area contributed by atoms with E-state index < -0.39 is 0 Å². The van der Waals surface area contributed by atoms with Crippen molar-refractivity contribution in [1.82, 2.24) is 10.2 Å². The van der Waals surface area contributed by atoms with Gasteiger partial charge in [-0.15, -0.1) is 0 Å². The molecule has 1 aliphatic heterocycles. The van der Waals surface area contributed by atoms with Crippen molar-refractivity contribution >= 4 is 5.91 Å². The van der Waals surface area contributed by atoms with Gasteiger partial charge in [0.25, 0.3) is 0 Å². The van der Waals surface area contributed by atoms with E-state index in [4.69, 9.17) is 9.47 Å². The average molecular weight is 395 g/mol. The molecule has 0 bridgehead atoms. The standard InChI is InChI=1S/C24H30N2O3/c1-28-20-11-9-19(10-12-20)23(26-13-15-29-16-14-26)17-25-24(27)22-8-4-6-18-5-2-3-7-21(18)22/h2-3,5,7,9-12,22-23H,4,6,8,13-17H2,1H3,(H,25,27). The van der Waals surface area contributed by atoms with Gasteiger partial charge in [0.2, 0.25) is 5.91 Å². The maximum atomic E-state index is 13.1. The summed E-state index contributed by atoms with van der Waals surface area (Å²) in [6, 6.07) is 16.7. The largest absolute Gasteiger partial charge is 0.497 e. The second kappa shape index (κ2) is 9.42. The summed E-state index contributed by atoms with van der Waals surface area (Å²) in [4.78, 5) is 15.5. The Labute approximate surface area is 173 Å². The van der Waals surface area contributed by atoms with Crippen molar-refractivity contribution in [3.05, 3.63) is 65.2 Å². The van der Waals surface area contributed by atoms with Crippen LogP contribution in [0.1, 0.15) is 41.5 Å². The Morgan fingerprint density at radius 2 is 1.93 bits per heavy atom. The first-order chi connectivity index (χ1) is 14.3. The van der Waals surface area contributed by atoms with Gasteiger partial charge in [-0.05, 0) is 48.1 Å². The quantitative estimate of drug-likeness (QED) is 0.817. The maximum absolute atomic E-state index is 13.1. The number of fused-ring (bicyclic) bond motifs is 1. The lowest BCUT2D eigenvalue weighted by Crippen LogP contribution is -2.44. The van der Waals surface area contributed by atoms with Gasteiger partial charge in [-0.1, -0.05) is 36.4 Å². The summed E-state index contributed by atoms with van der Waals surface area (Å²) in [7, 11) is 1.68. The second-order valence-corrected chi connectivity index (χ2v) is 7.83. The number of carbonyl (C=O) groups is 1. The van der Waals surface area contributed by atoms with Crippen molar-refractivity contribution in [2.24, 2.45) is 0 Å². The lowest BCUT2D eigenvalue weighted by atomic mass is 9.82. The number of morpholine rings is 1. The SMILES string of the molecule is COc1ccc(C(CNC(=O)C2CCCc3ccccc32)N2CCOCC2)cc1. The fourth-order valence-electron chi connectivity index (χ4n) is 4.52. The van der Waals surface area contributed by atoms with Gasteiger partial charge in [-0.3, -0.25) is 9.69 Å². The van der Waals surface area contributed by atoms with Crippen LogP contribution in [0.25, 0.3) is 0 Å². The smallest absolute Gasteiger partial charge is 0.227 e. The maximum Gasteiger partial charge on any atom is 0.227 e. The first-order valence-corrected chi connectivity index (χ1v) is 10.6. The molecular formula is C24H30N2O3. The molecule has 1 heterocycles. The molecule has 1 fully saturated rings. The van der Waals surface area contributed by atoms with Crippen molar-refractivity contribution in [2.75, 3.05) is 40.0 Å². The summed E-state index contributed by atoms with van der Waals surface area (Å²) in [6.07, 6.45) is 3.07. The van der Waals surface area contributed by atoms with Crippen molar-refractivity contribution in [3.8, 4) is 5.75 Å². The Morgan fingerprint density at radius 1 is 1.17 bits per heavy atom. The van der Waals surface area contributed by atoms with E-state index in [1.54, 1.807) is 7.11 Å². The Bertz CT molecular complexity index is 815. The molecule has 1 saturated heterocycles. The molecule has 2 aromatic carbocycles. The molecule has 1 aliphatic carbocycles. The van der Waals surface area contributed by atoms with E-state index in [2.05, 4.69) is 40.5 Å². The Hall–Kier alpha value is -2.37. The van der Waals surface area contributed by atoms with E-state index in [1.807, 2.05) is 18.2 Å². The summed E-state index contributed by atoms with van der Waals surface area (Å²) >= 11 is 0. The minimum atomic E-state index is -0.0406. The number of rotatable bonds is 6. The van der Waals surface area contributed by atoms with Crippen LogP contribution in [-0.4, -0.2) is 50.8 Å². The first-order valence-electron chi connectivity index (χ1n) is 10.6. The van der Waals surface area contributed by atoms with Crippen LogP contribution in [0.2, 0.25) is 0 Å². The molecule has 2 unspecified atom stereocenters. The number of carbonyl (C=O) groups excluding carboxylic acids is 1. The third kappa shape index (κ3) is 4.62. The van der Waals surface area contributed by atoms with E-state index in [1.165, 1.54) is 16.7 Å². The van der Waals surface area contributed by atoms with Crippen LogP contribution < -0.4 is 10.1 Å². The fourth-order valence-corrected chi connectivity index (χ4v) is 4.52. The number of methoxy groups -OCH3 is 1. The van der Waals surface area contributed by atoms with Gasteiger partial charge in [0.15, 0.2) is 0 Å². The average Bonchev–Trinajstić information content (AvgIpc) is 2.80. The second-order valence-electron chi connectivity index (χ2n) is 7.83. The predicted octanol–water partition coefficient (Wildman–Crippen LogP) is 3.30. The third-order valence-corrected chi connectivity index (χ3v) is 6.14. The molecule has 4 rings (SSSR count). The third-order valence-electron chi connectivity index (χ3n) is 6.14. The molecule has 29 heavy (non-hydrogen) atoms. The summed E-state index contributed by atoms with van der Waals surface area (Å²) in [6.45, 7) is 3.81. The van der Waals surface area contributed by atoms with Crippen LogP contribution >= 0.6 is 0 Å². The molecule has 5 nitrogen and oxygen atoms in total. The Kier molecular flexibility index (Phi) is 6.47. The van der Waals surface area contributed by atoms with Crippen molar-refractivity contribution in [1.29, 1.82) is 0 Å². The molecule has 154 valence electrons. The number of benzene rings is 2. The normalized spacial score (nSPS) is 20.5. The van der Waals surface area contributed by atoms with Crippen LogP contribution in [0.4, 0.5) is 0 Å². The number of amides is 1. The van der Waals surface area contributed by atoms with Crippen LogP contribution in [0, 0.1) is 0 Å². The van der Waals surface area contributed by atoms with Crippen LogP contribution in [0.3, 0.4) is 0 Å². The molecule has 0 saturated carbocycles. The molecule has 2 aromatic rings. The highest BCUT2D eigenvalue weighted by molar-refractivity contribution is 5.84. The van der Waals surface area contributed by atoms with Gasteiger partial charge in [-0.2, -0.15) is 0 Å². The van der Waals surface area contributed by atoms with Gasteiger partial charge in [0, 0.05) is 19.6 Å². The zero-order valence-electron chi connectivity index (χ0n) is 17.1. The van der Waals surface area contributed by atoms with E-state index in [9.17, 15) is 4.79 Å². The van der Waals surface area contributed by atoms with Crippen LogP contribution in [0.5, 0.6) is 5.75 Å². The number of nitrogens with zero attached hydrogens (tertiary/aromatic N) is 1. The Morgan fingerprint density at radius 3 is 2.69 bits per heavy atom. The van der Waals surface area contributed by atoms with Crippen molar-refractivity contribution in [3.63, 3.8) is 0 Å². The van der Waals surface area contributed by atoms with E-state index in [-0.39, 0.29) is 17.9 Å². The molecule has 0 radical (unpaired) electrons. The van der Waals surface area contributed by atoms with Crippen molar-refractivity contribution in [2.45, 2.75) is 31.2 Å². The summed E-state index contributed by atoms with van der Waals surface area (Å²) < 4.78 is 10.8. The number of hydrogen-bond donors (Lipinski definition) is 1. The van der Waals surface area contributed by atoms with Gasteiger partial charge < -0.3 is 14.8 Å². The summed E-state index contributed by atoms with van der Waals surface area (Å²) in [5.74, 6) is 0.947. The summed E-state index contributed by atoms with van der Waals surface area (Å²) in [5, 5.41) is 3.27. The fraction of sp³-hybridized carbons (Fsp3) is 0.458. The lowest BCUT2D eigenvalue weighted by Gasteiger charge is -2.35. The van der Waals surface area contributed by atoms with Gasteiger partial charge in [-0.25, -0.2) is 0 Å². The monoisotopic (exact) mass is 394 g/mol. The van der Waals surface area contributed by atoms with Crippen LogP contribution in [0.15, 0.2) is 48.5 Å². The van der Waals surface area contributed by atoms with E-state index >= 15 is 0 Å². The molecular weight excluding hydrogens is 364 g/mol. The van der Waals surface area contributed by atoms with E-state index in [0.717, 1.165) is 51.3 Å². The molecule has 2 aliphatic rings. The lowest BCUT2D eigenvalue weighted by molar-refractivity contribution is -0.123. The highest BCUT2D eigenvalue weighted by atomic mass is 16.5. The topological polar surface area (TPSA) is 50.8 Å². The molecule has 5 heteroatoms. The molecule has 1 N–H and O–H groups in total. The highest BCUT2D eigenvalue weighted by Crippen LogP contribution is 2.32. The molecule has 0 aromatic heterocycles. The minimum Gasteiger partial charge on any atom is -0.497 e. The Balaban J connectivity index is 1.48. The molecule has 0 spiro atoms. The zero-order valence-corrected chi connectivity index (χ0v) is 17.1. The molecule has 2 atom stereocenters. The van der Waals surface area contributed by atoms with E-state index in [0.29, 0.717) is 6.54 Å². The first kappa shape index (κ1) is 19.9. The number of nitrogens with one attached hydrogen (secondary N) is 1. The van der Waals surface area contributed by atoms with Gasteiger partial charge >= 0.3 is 0 Å². The number of aryl methyl sites for hydroxylation is 1. The minimum absolute atomic E-state index is 0.0406. The number of ether oxygens (including phenoxy) is 2. The predicted molar refractivity (Wildman–Crippen MR) is 113 cm³/mol. The van der Waals surface area contributed by atoms with Crippen LogP contribution in [-0.2, 0) is 16.0 Å². The molecule has 1 amide bonds.